The van der Waals surface area contributed by atoms with Crippen LogP contribution in [0.15, 0.2) is 0 Å². The molecule has 4 nitrogen and oxygen atoms in total. The van der Waals surface area contributed by atoms with E-state index < -0.39 is 11.5 Å². The third-order valence-corrected chi connectivity index (χ3v) is 3.08. The second-order valence-corrected chi connectivity index (χ2v) is 3.79. The lowest BCUT2D eigenvalue weighted by atomic mass is 9.71. The van der Waals surface area contributed by atoms with Crippen LogP contribution < -0.4 is 0 Å². The molecule has 1 aliphatic rings. The average Bonchev–Trinajstić information content (AvgIpc) is 2.17. The maximum absolute atomic E-state index is 10.6. The lowest BCUT2D eigenvalue weighted by molar-refractivity contribution is -0.535. The first kappa shape index (κ1) is 9.97. The Morgan fingerprint density at radius 2 is 2.00 bits per heavy atom. The van der Waals surface area contributed by atoms with Gasteiger partial charge >= 0.3 is 0 Å². The van der Waals surface area contributed by atoms with Gasteiger partial charge in [-0.3, -0.25) is 10.1 Å². The minimum absolute atomic E-state index is 0.325. The average molecular weight is 182 g/mol. The van der Waals surface area contributed by atoms with Crippen molar-refractivity contribution in [1.29, 1.82) is 5.26 Å². The van der Waals surface area contributed by atoms with Crippen LogP contribution >= 0.6 is 0 Å². The zero-order valence-electron chi connectivity index (χ0n) is 7.82. The van der Waals surface area contributed by atoms with Crippen molar-refractivity contribution in [2.75, 3.05) is 0 Å². The van der Waals surface area contributed by atoms with Crippen LogP contribution in [0.2, 0.25) is 0 Å². The van der Waals surface area contributed by atoms with Crippen LogP contribution in [0.25, 0.3) is 0 Å². The molecule has 0 aromatic rings. The monoisotopic (exact) mass is 182 g/mol. The van der Waals surface area contributed by atoms with Gasteiger partial charge in [0.15, 0.2) is 0 Å². The Bertz CT molecular complexity index is 238. The largest absolute Gasteiger partial charge is 0.264 e. The summed E-state index contributed by atoms with van der Waals surface area (Å²) in [7, 11) is 0. The normalized spacial score (nSPS) is 23.1. The van der Waals surface area contributed by atoms with Crippen LogP contribution in [-0.4, -0.2) is 11.0 Å². The minimum atomic E-state index is -0.724. The molecular weight excluding hydrogens is 168 g/mol. The van der Waals surface area contributed by atoms with Gasteiger partial charge in [-0.2, -0.15) is 5.26 Å². The number of nitrogens with zero attached hydrogens (tertiary/aromatic N) is 2. The van der Waals surface area contributed by atoms with E-state index >= 15 is 0 Å². The van der Waals surface area contributed by atoms with Gasteiger partial charge in [0.1, 0.15) is 5.41 Å². The third kappa shape index (κ3) is 1.80. The van der Waals surface area contributed by atoms with Gasteiger partial charge in [-0.05, 0) is 12.8 Å². The first-order valence-electron chi connectivity index (χ1n) is 4.67. The topological polar surface area (TPSA) is 66.9 Å². The summed E-state index contributed by atoms with van der Waals surface area (Å²) >= 11 is 0. The smallest absolute Gasteiger partial charge is 0.228 e. The van der Waals surface area contributed by atoms with Crippen LogP contribution in [0.5, 0.6) is 0 Å². The molecule has 1 aliphatic carbocycles. The van der Waals surface area contributed by atoms with Gasteiger partial charge in [-0.1, -0.05) is 19.3 Å². The molecule has 0 heterocycles. The third-order valence-electron chi connectivity index (χ3n) is 3.08. The van der Waals surface area contributed by atoms with Gasteiger partial charge in [-0.15, -0.1) is 0 Å². The Morgan fingerprint density at radius 3 is 2.38 bits per heavy atom. The van der Waals surface area contributed by atoms with Gasteiger partial charge in [-0.25, -0.2) is 0 Å². The Hall–Kier alpha value is -1.11. The molecule has 0 bridgehead atoms. The van der Waals surface area contributed by atoms with Crippen molar-refractivity contribution in [2.24, 2.45) is 5.41 Å². The predicted octanol–water partition coefficient (Wildman–Crippen LogP) is 2.13. The summed E-state index contributed by atoms with van der Waals surface area (Å²) in [6.45, 7) is 1.55. The molecule has 0 aliphatic heterocycles. The van der Waals surface area contributed by atoms with E-state index in [1.807, 2.05) is 0 Å². The predicted molar refractivity (Wildman–Crippen MR) is 47.6 cm³/mol. The molecule has 1 atom stereocenters. The van der Waals surface area contributed by atoms with Gasteiger partial charge in [0, 0.05) is 11.8 Å². The lowest BCUT2D eigenvalue weighted by Crippen LogP contribution is -2.39. The highest BCUT2D eigenvalue weighted by Crippen LogP contribution is 2.39. The van der Waals surface area contributed by atoms with Crippen LogP contribution in [0, 0.1) is 26.9 Å². The molecular formula is C9H14N2O2. The molecule has 0 aromatic heterocycles. The highest BCUT2D eigenvalue weighted by Gasteiger charge is 2.44. The summed E-state index contributed by atoms with van der Waals surface area (Å²) in [4.78, 5) is 10.3. The molecule has 1 rings (SSSR count). The molecule has 0 radical (unpaired) electrons. The van der Waals surface area contributed by atoms with Crippen molar-refractivity contribution in [2.45, 2.75) is 45.1 Å². The number of nitriles is 1. The minimum Gasteiger partial charge on any atom is -0.264 e. The fraction of sp³-hybridized carbons (Fsp3) is 0.889. The van der Waals surface area contributed by atoms with Crippen LogP contribution in [0.4, 0.5) is 0 Å². The first-order valence-corrected chi connectivity index (χ1v) is 4.67. The molecule has 72 valence electrons. The van der Waals surface area contributed by atoms with Crippen molar-refractivity contribution in [3.63, 3.8) is 0 Å². The lowest BCUT2D eigenvalue weighted by Gasteiger charge is -2.30. The molecule has 1 saturated carbocycles. The van der Waals surface area contributed by atoms with E-state index in [-0.39, 0.29) is 4.92 Å². The number of rotatable bonds is 2. The van der Waals surface area contributed by atoms with E-state index in [0.717, 1.165) is 19.3 Å². The van der Waals surface area contributed by atoms with E-state index in [2.05, 4.69) is 6.07 Å². The second kappa shape index (κ2) is 3.73. The fourth-order valence-corrected chi connectivity index (χ4v) is 2.01. The highest BCUT2D eigenvalue weighted by molar-refractivity contribution is 5.03. The van der Waals surface area contributed by atoms with Crippen molar-refractivity contribution in [3.8, 4) is 6.07 Å². The zero-order valence-corrected chi connectivity index (χ0v) is 7.82. The van der Waals surface area contributed by atoms with Crippen molar-refractivity contribution in [1.82, 2.24) is 0 Å². The van der Waals surface area contributed by atoms with Crippen molar-refractivity contribution >= 4 is 0 Å². The Kier molecular flexibility index (Phi) is 2.86. The maximum atomic E-state index is 10.6. The van der Waals surface area contributed by atoms with Crippen LogP contribution in [-0.2, 0) is 0 Å². The van der Waals surface area contributed by atoms with Gasteiger partial charge in [0.05, 0.1) is 6.07 Å². The van der Waals surface area contributed by atoms with Gasteiger partial charge in [0.25, 0.3) is 0 Å². The summed E-state index contributed by atoms with van der Waals surface area (Å²) in [6, 6.07) is 1.43. The molecule has 1 unspecified atom stereocenters. The van der Waals surface area contributed by atoms with Crippen LogP contribution in [0.3, 0.4) is 0 Å². The molecule has 4 heteroatoms. The summed E-state index contributed by atoms with van der Waals surface area (Å²) < 4.78 is 0. The van der Waals surface area contributed by atoms with E-state index in [1.54, 1.807) is 6.92 Å². The summed E-state index contributed by atoms with van der Waals surface area (Å²) in [5, 5.41) is 19.6. The van der Waals surface area contributed by atoms with E-state index in [1.165, 1.54) is 0 Å². The molecule has 0 spiro atoms. The molecule has 0 aromatic carbocycles. The molecule has 1 fully saturated rings. The first-order chi connectivity index (χ1) is 6.12. The highest BCUT2D eigenvalue weighted by atomic mass is 16.6. The van der Waals surface area contributed by atoms with E-state index in [9.17, 15) is 10.1 Å². The molecule has 0 N–H and O–H groups in total. The van der Waals surface area contributed by atoms with Crippen LogP contribution in [0.1, 0.15) is 39.0 Å². The Labute approximate surface area is 77.7 Å². The maximum Gasteiger partial charge on any atom is 0.228 e. The molecule has 0 amide bonds. The second-order valence-electron chi connectivity index (χ2n) is 3.79. The van der Waals surface area contributed by atoms with Gasteiger partial charge < -0.3 is 0 Å². The summed E-state index contributed by atoms with van der Waals surface area (Å²) in [5.74, 6) is 0. The zero-order chi connectivity index (χ0) is 9.90. The van der Waals surface area contributed by atoms with Crippen molar-refractivity contribution < 1.29 is 4.92 Å². The number of nitro groups is 1. The number of hydrogen-bond donors (Lipinski definition) is 0. The van der Waals surface area contributed by atoms with E-state index in [0.29, 0.717) is 12.8 Å². The van der Waals surface area contributed by atoms with Gasteiger partial charge in [0.2, 0.25) is 6.04 Å². The Balaban J connectivity index is 2.80. The fourth-order valence-electron chi connectivity index (χ4n) is 2.01. The molecule has 0 saturated heterocycles. The number of hydrogen-bond acceptors (Lipinski definition) is 3. The standard InChI is InChI=1S/C9H14N2O2/c1-8(11(12)13)9(7-10)5-3-2-4-6-9/h8H,2-6H2,1H3. The quantitative estimate of drug-likeness (QED) is 0.485. The van der Waals surface area contributed by atoms with E-state index in [4.69, 9.17) is 5.26 Å². The SMILES string of the molecule is CC([N+](=O)[O-])C1(C#N)CCCCC1. The Morgan fingerprint density at radius 1 is 1.46 bits per heavy atom. The summed E-state index contributed by atoms with van der Waals surface area (Å²) in [6.07, 6.45) is 4.38. The summed E-state index contributed by atoms with van der Waals surface area (Å²) in [5.41, 5.74) is -0.693. The molecule has 13 heavy (non-hydrogen) atoms. The van der Waals surface area contributed by atoms with Crippen molar-refractivity contribution in [3.05, 3.63) is 10.1 Å².